The van der Waals surface area contributed by atoms with Gasteiger partial charge in [0.25, 0.3) is 0 Å². The second-order valence-corrected chi connectivity index (χ2v) is 4.47. The highest BCUT2D eigenvalue weighted by atomic mass is 16.1. The first-order valence-corrected chi connectivity index (χ1v) is 4.50. The van der Waals surface area contributed by atoms with Gasteiger partial charge in [0.2, 0.25) is 0 Å². The summed E-state index contributed by atoms with van der Waals surface area (Å²) >= 11 is 0. The molecule has 0 aromatic heterocycles. The highest BCUT2D eigenvalue weighted by molar-refractivity contribution is 5.87. The van der Waals surface area contributed by atoms with Gasteiger partial charge in [0.05, 0.1) is 0 Å². The van der Waals surface area contributed by atoms with E-state index in [2.05, 4.69) is 27.7 Å². The van der Waals surface area contributed by atoms with Crippen molar-refractivity contribution in [2.75, 3.05) is 0 Å². The van der Waals surface area contributed by atoms with E-state index in [0.717, 1.165) is 6.42 Å². The fourth-order valence-corrected chi connectivity index (χ4v) is 1.87. The molecule has 0 amide bonds. The number of ketones is 1. The molecular weight excluding hydrogens is 136 g/mol. The molecule has 0 aromatic rings. The van der Waals surface area contributed by atoms with Gasteiger partial charge in [-0.25, -0.2) is 0 Å². The predicted molar refractivity (Wildman–Crippen MR) is 46.4 cm³/mol. The van der Waals surface area contributed by atoms with Crippen molar-refractivity contribution in [3.05, 3.63) is 0 Å². The number of hydrogen-bond donors (Lipinski definition) is 0. The molecule has 1 nitrogen and oxygen atoms in total. The van der Waals surface area contributed by atoms with Crippen molar-refractivity contribution in [1.82, 2.24) is 0 Å². The summed E-state index contributed by atoms with van der Waals surface area (Å²) in [4.78, 5) is 11.7. The van der Waals surface area contributed by atoms with E-state index >= 15 is 0 Å². The first-order valence-electron chi connectivity index (χ1n) is 4.50. The molecule has 1 aliphatic carbocycles. The van der Waals surface area contributed by atoms with Crippen LogP contribution in [-0.2, 0) is 4.79 Å². The number of carbonyl (C=O) groups excluding carboxylic acids is 1. The minimum Gasteiger partial charge on any atom is -0.299 e. The van der Waals surface area contributed by atoms with Crippen LogP contribution in [0.4, 0.5) is 0 Å². The molecule has 0 heterocycles. The lowest BCUT2D eigenvalue weighted by molar-refractivity contribution is -0.136. The van der Waals surface area contributed by atoms with Crippen LogP contribution in [0, 0.1) is 17.3 Å². The molecule has 2 atom stereocenters. The summed E-state index contributed by atoms with van der Waals surface area (Å²) in [6.07, 6.45) is 2.29. The van der Waals surface area contributed by atoms with E-state index in [9.17, 15) is 4.79 Å². The fraction of sp³-hybridized carbons (Fsp3) is 0.900. The Morgan fingerprint density at radius 3 is 2.27 bits per heavy atom. The quantitative estimate of drug-likeness (QED) is 0.524. The van der Waals surface area contributed by atoms with Crippen molar-refractivity contribution < 1.29 is 4.79 Å². The second-order valence-electron chi connectivity index (χ2n) is 4.47. The number of Topliss-reactive ketones (excluding diaryl/α,β-unsaturated/α-hetero) is 1. The van der Waals surface area contributed by atoms with E-state index in [4.69, 9.17) is 0 Å². The molecule has 11 heavy (non-hydrogen) atoms. The first-order chi connectivity index (χ1) is 4.96. The SMILES string of the molecule is CC1CCC(C)C(C)(C)C1=O. The zero-order valence-corrected chi connectivity index (χ0v) is 7.98. The number of carbonyl (C=O) groups is 1. The summed E-state index contributed by atoms with van der Waals surface area (Å²) in [7, 11) is 0. The fourth-order valence-electron chi connectivity index (χ4n) is 1.87. The third-order valence-electron chi connectivity index (χ3n) is 3.35. The number of rotatable bonds is 0. The van der Waals surface area contributed by atoms with Gasteiger partial charge in [-0.1, -0.05) is 27.7 Å². The zero-order valence-electron chi connectivity index (χ0n) is 7.98. The average molecular weight is 154 g/mol. The van der Waals surface area contributed by atoms with Gasteiger partial charge in [-0.15, -0.1) is 0 Å². The van der Waals surface area contributed by atoms with Crippen LogP contribution in [0.15, 0.2) is 0 Å². The summed E-state index contributed by atoms with van der Waals surface area (Å²) in [5.41, 5.74) is -0.0718. The van der Waals surface area contributed by atoms with Gasteiger partial charge in [0, 0.05) is 11.3 Å². The Kier molecular flexibility index (Phi) is 2.08. The van der Waals surface area contributed by atoms with Crippen LogP contribution in [0.2, 0.25) is 0 Å². The Morgan fingerprint density at radius 1 is 1.27 bits per heavy atom. The molecule has 1 aliphatic rings. The molecule has 0 saturated heterocycles. The Labute approximate surface area is 69.2 Å². The average Bonchev–Trinajstić information content (AvgIpc) is 1.95. The molecule has 1 heteroatoms. The van der Waals surface area contributed by atoms with Crippen LogP contribution in [-0.4, -0.2) is 5.78 Å². The number of hydrogen-bond acceptors (Lipinski definition) is 1. The Balaban J connectivity index is 2.81. The third-order valence-corrected chi connectivity index (χ3v) is 3.35. The minimum absolute atomic E-state index is 0.0718. The van der Waals surface area contributed by atoms with Crippen LogP contribution in [0.25, 0.3) is 0 Å². The van der Waals surface area contributed by atoms with Gasteiger partial charge in [-0.3, -0.25) is 4.79 Å². The molecule has 64 valence electrons. The van der Waals surface area contributed by atoms with Crippen LogP contribution >= 0.6 is 0 Å². The van der Waals surface area contributed by atoms with E-state index in [1.54, 1.807) is 0 Å². The van der Waals surface area contributed by atoms with Gasteiger partial charge in [-0.05, 0) is 18.8 Å². The predicted octanol–water partition coefficient (Wildman–Crippen LogP) is 2.65. The van der Waals surface area contributed by atoms with Gasteiger partial charge in [0.15, 0.2) is 0 Å². The van der Waals surface area contributed by atoms with E-state index in [1.165, 1.54) is 6.42 Å². The normalized spacial score (nSPS) is 37.3. The summed E-state index contributed by atoms with van der Waals surface area (Å²) in [5, 5.41) is 0. The van der Waals surface area contributed by atoms with E-state index < -0.39 is 0 Å². The van der Waals surface area contributed by atoms with E-state index in [1.807, 2.05) is 0 Å². The largest absolute Gasteiger partial charge is 0.299 e. The minimum atomic E-state index is -0.0718. The molecular formula is C10H18O. The van der Waals surface area contributed by atoms with E-state index in [-0.39, 0.29) is 5.41 Å². The second kappa shape index (κ2) is 2.62. The maximum atomic E-state index is 11.7. The lowest BCUT2D eigenvalue weighted by Gasteiger charge is -2.37. The van der Waals surface area contributed by atoms with Crippen LogP contribution in [0.3, 0.4) is 0 Å². The molecule has 0 radical (unpaired) electrons. The smallest absolute Gasteiger partial charge is 0.141 e. The van der Waals surface area contributed by atoms with Crippen molar-refractivity contribution in [2.45, 2.75) is 40.5 Å². The molecule has 1 saturated carbocycles. The molecule has 0 aromatic carbocycles. The van der Waals surface area contributed by atoms with Crippen LogP contribution < -0.4 is 0 Å². The molecule has 0 spiro atoms. The monoisotopic (exact) mass is 154 g/mol. The Bertz CT molecular complexity index is 170. The topological polar surface area (TPSA) is 17.1 Å². The lowest BCUT2D eigenvalue weighted by Crippen LogP contribution is -2.39. The van der Waals surface area contributed by atoms with Gasteiger partial charge < -0.3 is 0 Å². The first kappa shape index (κ1) is 8.76. The molecule has 0 N–H and O–H groups in total. The molecule has 2 unspecified atom stereocenters. The summed E-state index contributed by atoms with van der Waals surface area (Å²) in [6, 6.07) is 0. The van der Waals surface area contributed by atoms with Gasteiger partial charge in [-0.2, -0.15) is 0 Å². The standard InChI is InChI=1S/C10H18O/c1-7-5-6-8(2)10(3,4)9(7)11/h7-8H,5-6H2,1-4H3. The van der Waals surface area contributed by atoms with Crippen molar-refractivity contribution >= 4 is 5.78 Å². The van der Waals surface area contributed by atoms with Gasteiger partial charge >= 0.3 is 0 Å². The third kappa shape index (κ3) is 1.33. The highest BCUT2D eigenvalue weighted by Gasteiger charge is 2.39. The summed E-state index contributed by atoms with van der Waals surface area (Å²) in [6.45, 7) is 8.39. The summed E-state index contributed by atoms with van der Waals surface area (Å²) < 4.78 is 0. The Morgan fingerprint density at radius 2 is 1.82 bits per heavy atom. The van der Waals surface area contributed by atoms with E-state index in [0.29, 0.717) is 17.6 Å². The molecule has 0 aliphatic heterocycles. The van der Waals surface area contributed by atoms with Crippen molar-refractivity contribution in [3.8, 4) is 0 Å². The zero-order chi connectivity index (χ0) is 8.65. The summed E-state index contributed by atoms with van der Waals surface area (Å²) in [5.74, 6) is 1.31. The van der Waals surface area contributed by atoms with Crippen molar-refractivity contribution in [3.63, 3.8) is 0 Å². The maximum absolute atomic E-state index is 11.7. The molecule has 1 rings (SSSR count). The van der Waals surface area contributed by atoms with Crippen LogP contribution in [0.1, 0.15) is 40.5 Å². The maximum Gasteiger partial charge on any atom is 0.141 e. The molecule has 0 bridgehead atoms. The van der Waals surface area contributed by atoms with Crippen molar-refractivity contribution in [2.24, 2.45) is 17.3 Å². The highest BCUT2D eigenvalue weighted by Crippen LogP contribution is 2.39. The molecule has 1 fully saturated rings. The Hall–Kier alpha value is -0.330. The van der Waals surface area contributed by atoms with Crippen LogP contribution in [0.5, 0.6) is 0 Å². The van der Waals surface area contributed by atoms with Crippen molar-refractivity contribution in [1.29, 1.82) is 0 Å². The lowest BCUT2D eigenvalue weighted by atomic mass is 9.65. The van der Waals surface area contributed by atoms with Gasteiger partial charge in [0.1, 0.15) is 5.78 Å².